The molecule has 6 heteroatoms. The van der Waals surface area contributed by atoms with Gasteiger partial charge >= 0.3 is 0 Å². The number of rotatable bonds is 5. The Balaban J connectivity index is 1.82. The van der Waals surface area contributed by atoms with E-state index in [-0.39, 0.29) is 5.75 Å². The first-order valence-electron chi connectivity index (χ1n) is 5.65. The van der Waals surface area contributed by atoms with E-state index in [1.54, 1.807) is 11.3 Å². The smallest absolute Gasteiger partial charge is 0.147 e. The number of thiophene rings is 1. The maximum absolute atomic E-state index is 11.0. The molecule has 1 N–H and O–H groups in total. The van der Waals surface area contributed by atoms with E-state index in [9.17, 15) is 8.42 Å². The average Bonchev–Trinajstić information content (AvgIpc) is 2.71. The van der Waals surface area contributed by atoms with Crippen LogP contribution in [0.2, 0.25) is 4.34 Å². The molecule has 96 valence electrons. The van der Waals surface area contributed by atoms with E-state index in [1.807, 2.05) is 6.07 Å². The van der Waals surface area contributed by atoms with E-state index in [0.717, 1.165) is 23.7 Å². The molecule has 1 aliphatic carbocycles. The van der Waals surface area contributed by atoms with Crippen molar-refractivity contribution in [3.63, 3.8) is 0 Å². The van der Waals surface area contributed by atoms with Crippen LogP contribution in [0.1, 0.15) is 29.3 Å². The first-order chi connectivity index (χ1) is 7.96. The highest BCUT2D eigenvalue weighted by Crippen LogP contribution is 2.39. The van der Waals surface area contributed by atoms with Crippen molar-refractivity contribution in [3.05, 3.63) is 20.8 Å². The fourth-order valence-corrected chi connectivity index (χ4v) is 4.18. The Bertz CT molecular complexity index is 496. The Morgan fingerprint density at radius 1 is 1.59 bits per heavy atom. The number of nitrogens with one attached hydrogen (secondary N) is 1. The van der Waals surface area contributed by atoms with Crippen molar-refractivity contribution in [1.29, 1.82) is 0 Å². The molecule has 2 rings (SSSR count). The standard InChI is InChI=1S/C11H16ClNO2S2/c1-17(14,15)6-2-5-13-9-3-4-10-8(9)7-11(12)16-10/h7,9,13H,2-6H2,1H3. The molecule has 0 fully saturated rings. The molecule has 0 aliphatic heterocycles. The van der Waals surface area contributed by atoms with Gasteiger partial charge in [0.1, 0.15) is 9.84 Å². The van der Waals surface area contributed by atoms with Gasteiger partial charge < -0.3 is 5.32 Å². The summed E-state index contributed by atoms with van der Waals surface area (Å²) in [5, 5.41) is 3.41. The minimum atomic E-state index is -2.84. The fourth-order valence-electron chi connectivity index (χ4n) is 2.15. The summed E-state index contributed by atoms with van der Waals surface area (Å²) in [7, 11) is -2.84. The van der Waals surface area contributed by atoms with Gasteiger partial charge in [-0.3, -0.25) is 0 Å². The third-order valence-electron chi connectivity index (χ3n) is 2.93. The van der Waals surface area contributed by atoms with E-state index in [2.05, 4.69) is 5.32 Å². The van der Waals surface area contributed by atoms with Gasteiger partial charge in [-0.25, -0.2) is 8.42 Å². The molecule has 1 heterocycles. The molecule has 0 bridgehead atoms. The van der Waals surface area contributed by atoms with Crippen LogP contribution in [0.25, 0.3) is 0 Å². The van der Waals surface area contributed by atoms with Gasteiger partial charge in [0.15, 0.2) is 0 Å². The molecule has 0 saturated heterocycles. The normalized spacial score (nSPS) is 19.5. The summed E-state index contributed by atoms with van der Waals surface area (Å²) in [5.41, 5.74) is 1.30. The third-order valence-corrected chi connectivity index (χ3v) is 5.30. The molecule has 0 radical (unpaired) electrons. The maximum atomic E-state index is 11.0. The maximum Gasteiger partial charge on any atom is 0.147 e. The van der Waals surface area contributed by atoms with Crippen molar-refractivity contribution >= 4 is 32.8 Å². The van der Waals surface area contributed by atoms with Crippen LogP contribution in [0.4, 0.5) is 0 Å². The second-order valence-electron chi connectivity index (χ2n) is 4.46. The lowest BCUT2D eigenvalue weighted by atomic mass is 10.2. The lowest BCUT2D eigenvalue weighted by molar-refractivity contribution is 0.526. The molecule has 1 unspecified atom stereocenters. The molecule has 0 spiro atoms. The minimum absolute atomic E-state index is 0.254. The molecule has 1 aromatic heterocycles. The van der Waals surface area contributed by atoms with E-state index < -0.39 is 9.84 Å². The molecule has 3 nitrogen and oxygen atoms in total. The number of halogens is 1. The van der Waals surface area contributed by atoms with Gasteiger partial charge in [0.25, 0.3) is 0 Å². The summed E-state index contributed by atoms with van der Waals surface area (Å²) in [5.74, 6) is 0.254. The molecular weight excluding hydrogens is 278 g/mol. The first-order valence-corrected chi connectivity index (χ1v) is 8.90. The van der Waals surface area contributed by atoms with Gasteiger partial charge in [-0.15, -0.1) is 11.3 Å². The Morgan fingerprint density at radius 3 is 3.06 bits per heavy atom. The minimum Gasteiger partial charge on any atom is -0.310 e. The molecule has 0 aromatic carbocycles. The highest BCUT2D eigenvalue weighted by atomic mass is 35.5. The molecule has 1 atom stereocenters. The summed E-state index contributed by atoms with van der Waals surface area (Å²) < 4.78 is 22.8. The van der Waals surface area contributed by atoms with Gasteiger partial charge in [-0.2, -0.15) is 0 Å². The Hall–Kier alpha value is -0.100. The van der Waals surface area contributed by atoms with Gasteiger partial charge in [0.2, 0.25) is 0 Å². The molecule has 17 heavy (non-hydrogen) atoms. The number of fused-ring (bicyclic) bond motifs is 1. The van der Waals surface area contributed by atoms with Crippen LogP contribution in [0.3, 0.4) is 0 Å². The van der Waals surface area contributed by atoms with Crippen molar-refractivity contribution < 1.29 is 8.42 Å². The van der Waals surface area contributed by atoms with E-state index in [1.165, 1.54) is 16.7 Å². The predicted octanol–water partition coefficient (Wildman–Crippen LogP) is 2.41. The molecule has 0 amide bonds. The van der Waals surface area contributed by atoms with Crippen molar-refractivity contribution in [2.75, 3.05) is 18.6 Å². The molecular formula is C11H16ClNO2S2. The largest absolute Gasteiger partial charge is 0.310 e. The monoisotopic (exact) mass is 293 g/mol. The number of aryl methyl sites for hydroxylation is 1. The van der Waals surface area contributed by atoms with Crippen molar-refractivity contribution in [2.24, 2.45) is 0 Å². The van der Waals surface area contributed by atoms with Crippen LogP contribution in [0, 0.1) is 0 Å². The SMILES string of the molecule is CS(=O)(=O)CCCNC1CCc2sc(Cl)cc21. The van der Waals surface area contributed by atoms with Crippen LogP contribution >= 0.6 is 22.9 Å². The number of sulfone groups is 1. The third kappa shape index (κ3) is 3.68. The lowest BCUT2D eigenvalue weighted by Crippen LogP contribution is -2.22. The van der Waals surface area contributed by atoms with Crippen LogP contribution < -0.4 is 5.32 Å². The molecule has 1 aliphatic rings. The summed E-state index contributed by atoms with van der Waals surface area (Å²) >= 11 is 7.63. The average molecular weight is 294 g/mol. The lowest BCUT2D eigenvalue weighted by Gasteiger charge is -2.12. The first kappa shape index (κ1) is 13.3. The summed E-state index contributed by atoms with van der Waals surface area (Å²) in [6.07, 6.45) is 4.12. The summed E-state index contributed by atoms with van der Waals surface area (Å²) in [6, 6.07) is 2.39. The zero-order valence-corrected chi connectivity index (χ0v) is 12.1. The van der Waals surface area contributed by atoms with E-state index in [4.69, 9.17) is 11.6 Å². The highest BCUT2D eigenvalue weighted by Gasteiger charge is 2.24. The van der Waals surface area contributed by atoms with Crippen molar-refractivity contribution in [3.8, 4) is 0 Å². The summed E-state index contributed by atoms with van der Waals surface area (Å²) in [4.78, 5) is 1.37. The van der Waals surface area contributed by atoms with E-state index >= 15 is 0 Å². The Labute approximate surface area is 111 Å². The predicted molar refractivity (Wildman–Crippen MR) is 72.7 cm³/mol. The molecule has 1 aromatic rings. The Morgan fingerprint density at radius 2 is 2.35 bits per heavy atom. The molecule has 0 saturated carbocycles. The van der Waals surface area contributed by atoms with Crippen LogP contribution in [0.15, 0.2) is 6.07 Å². The van der Waals surface area contributed by atoms with Crippen molar-refractivity contribution in [2.45, 2.75) is 25.3 Å². The highest BCUT2D eigenvalue weighted by molar-refractivity contribution is 7.90. The zero-order valence-electron chi connectivity index (χ0n) is 9.70. The van der Waals surface area contributed by atoms with Crippen LogP contribution in [0.5, 0.6) is 0 Å². The van der Waals surface area contributed by atoms with E-state index in [0.29, 0.717) is 12.5 Å². The Kier molecular flexibility index (Phi) is 4.13. The van der Waals surface area contributed by atoms with Gasteiger partial charge in [-0.05, 0) is 37.4 Å². The van der Waals surface area contributed by atoms with Crippen molar-refractivity contribution in [1.82, 2.24) is 5.32 Å². The van der Waals surface area contributed by atoms with Crippen LogP contribution in [-0.2, 0) is 16.3 Å². The van der Waals surface area contributed by atoms with Gasteiger partial charge in [-0.1, -0.05) is 11.6 Å². The number of hydrogen-bond acceptors (Lipinski definition) is 4. The number of hydrogen-bond donors (Lipinski definition) is 1. The summed E-state index contributed by atoms with van der Waals surface area (Å²) in [6.45, 7) is 0.741. The second kappa shape index (κ2) is 5.26. The second-order valence-corrected chi connectivity index (χ2v) is 8.49. The van der Waals surface area contributed by atoms with Gasteiger partial charge in [0.05, 0.1) is 10.1 Å². The quantitative estimate of drug-likeness (QED) is 0.848. The van der Waals surface area contributed by atoms with Gasteiger partial charge in [0, 0.05) is 17.2 Å². The van der Waals surface area contributed by atoms with Crippen LogP contribution in [-0.4, -0.2) is 27.0 Å². The zero-order chi connectivity index (χ0) is 12.5. The fraction of sp³-hybridized carbons (Fsp3) is 0.636. The topological polar surface area (TPSA) is 46.2 Å².